The van der Waals surface area contributed by atoms with E-state index in [2.05, 4.69) is 5.32 Å². The molecule has 3 aliphatic rings. The predicted octanol–water partition coefficient (Wildman–Crippen LogP) is 1.07. The van der Waals surface area contributed by atoms with Gasteiger partial charge in [-0.25, -0.2) is 4.79 Å². The lowest BCUT2D eigenvalue weighted by molar-refractivity contribution is -0.134. The molecule has 1 aliphatic carbocycles. The number of anilines is 1. The Balaban J connectivity index is 1.42. The van der Waals surface area contributed by atoms with E-state index in [4.69, 9.17) is 0 Å². The van der Waals surface area contributed by atoms with Gasteiger partial charge in [-0.2, -0.15) is 0 Å². The lowest BCUT2D eigenvalue weighted by atomic mass is 9.88. The van der Waals surface area contributed by atoms with Crippen LogP contribution in [0.15, 0.2) is 24.3 Å². The van der Waals surface area contributed by atoms with Crippen LogP contribution in [0.5, 0.6) is 0 Å². The zero-order valence-electron chi connectivity index (χ0n) is 16.1. The number of carbonyl (C=O) groups is 4. The van der Waals surface area contributed by atoms with Gasteiger partial charge >= 0.3 is 6.03 Å². The van der Waals surface area contributed by atoms with E-state index in [1.54, 1.807) is 34.1 Å². The molecular formula is C20H24N4O4. The summed E-state index contributed by atoms with van der Waals surface area (Å²) in [7, 11) is 3.66. The minimum absolute atomic E-state index is 0.00987. The Morgan fingerprint density at radius 2 is 1.79 bits per heavy atom. The number of fused-ring (bicyclic) bond motifs is 1. The number of imide groups is 1. The van der Waals surface area contributed by atoms with Crippen molar-refractivity contribution in [3.8, 4) is 0 Å². The molecular weight excluding hydrogens is 360 g/mol. The molecule has 3 atom stereocenters. The van der Waals surface area contributed by atoms with Crippen LogP contribution in [0.1, 0.15) is 29.6 Å². The number of benzene rings is 1. The third-order valence-corrected chi connectivity index (χ3v) is 6.27. The maximum absolute atomic E-state index is 12.9. The van der Waals surface area contributed by atoms with Gasteiger partial charge in [-0.05, 0) is 48.9 Å². The number of carbonyl (C=O) groups excluding carboxylic acids is 4. The second-order valence-corrected chi connectivity index (χ2v) is 8.03. The molecule has 8 heteroatoms. The summed E-state index contributed by atoms with van der Waals surface area (Å²) < 4.78 is 0. The topological polar surface area (TPSA) is 90.0 Å². The Hall–Kier alpha value is -2.90. The fraction of sp³-hybridized carbons (Fsp3) is 0.500. The Morgan fingerprint density at radius 3 is 2.43 bits per heavy atom. The van der Waals surface area contributed by atoms with E-state index in [0.717, 1.165) is 19.4 Å². The maximum atomic E-state index is 12.9. The highest BCUT2D eigenvalue weighted by Crippen LogP contribution is 2.40. The normalized spacial score (nSPS) is 27.1. The Bertz CT molecular complexity index is 837. The average molecular weight is 384 g/mol. The molecule has 4 rings (SSSR count). The Labute approximate surface area is 163 Å². The van der Waals surface area contributed by atoms with Crippen molar-refractivity contribution in [1.82, 2.24) is 15.1 Å². The molecule has 2 saturated heterocycles. The number of piperidine rings is 1. The lowest BCUT2D eigenvalue weighted by Gasteiger charge is -2.31. The van der Waals surface area contributed by atoms with Crippen LogP contribution in [0.2, 0.25) is 0 Å². The zero-order chi connectivity index (χ0) is 20.0. The third-order valence-electron chi connectivity index (χ3n) is 6.27. The van der Waals surface area contributed by atoms with Crippen LogP contribution in [0.4, 0.5) is 10.5 Å². The van der Waals surface area contributed by atoms with Crippen molar-refractivity contribution in [2.45, 2.75) is 25.3 Å². The first-order chi connectivity index (χ1) is 13.3. The molecule has 0 unspecified atom stereocenters. The number of urea groups is 1. The van der Waals surface area contributed by atoms with Crippen molar-refractivity contribution in [3.63, 3.8) is 0 Å². The Kier molecular flexibility index (Phi) is 4.56. The first-order valence-electron chi connectivity index (χ1n) is 9.56. The van der Waals surface area contributed by atoms with Crippen molar-refractivity contribution < 1.29 is 19.2 Å². The van der Waals surface area contributed by atoms with Crippen LogP contribution >= 0.6 is 0 Å². The molecule has 1 aromatic carbocycles. The maximum Gasteiger partial charge on any atom is 0.329 e. The predicted molar refractivity (Wildman–Crippen MR) is 102 cm³/mol. The molecule has 1 N–H and O–H groups in total. The quantitative estimate of drug-likeness (QED) is 0.790. The van der Waals surface area contributed by atoms with Gasteiger partial charge in [0.1, 0.15) is 6.54 Å². The highest BCUT2D eigenvalue weighted by molar-refractivity contribution is 6.12. The van der Waals surface area contributed by atoms with Gasteiger partial charge in [0.05, 0.1) is 0 Å². The highest BCUT2D eigenvalue weighted by atomic mass is 16.2. The fourth-order valence-electron chi connectivity index (χ4n) is 4.61. The standard InChI is InChI=1S/C20H24N4O4/c1-22-10-14-8-16(7-13(14)9-18(22)26)23(2)19(27)12-3-5-15(6-4-12)24-11-17(25)21-20(24)28/h3-6,13-14,16H,7-11H2,1-2H3,(H,21,25,28)/t13-,14+,16-/m1/s1. The first kappa shape index (κ1) is 18.5. The molecule has 0 aromatic heterocycles. The van der Waals surface area contributed by atoms with E-state index in [9.17, 15) is 19.2 Å². The Morgan fingerprint density at radius 1 is 1.11 bits per heavy atom. The lowest BCUT2D eigenvalue weighted by Crippen LogP contribution is -2.39. The molecule has 1 aromatic rings. The van der Waals surface area contributed by atoms with Crippen molar-refractivity contribution in [2.75, 3.05) is 32.1 Å². The van der Waals surface area contributed by atoms with Crippen molar-refractivity contribution in [3.05, 3.63) is 29.8 Å². The summed E-state index contributed by atoms with van der Waals surface area (Å²) >= 11 is 0. The van der Waals surface area contributed by atoms with Gasteiger partial charge in [0, 0.05) is 44.4 Å². The number of amides is 5. The van der Waals surface area contributed by atoms with Gasteiger partial charge < -0.3 is 9.80 Å². The molecule has 28 heavy (non-hydrogen) atoms. The molecule has 2 heterocycles. The van der Waals surface area contributed by atoms with Gasteiger partial charge in [0.2, 0.25) is 11.8 Å². The molecule has 1 saturated carbocycles. The summed E-state index contributed by atoms with van der Waals surface area (Å²) in [5.41, 5.74) is 1.12. The summed E-state index contributed by atoms with van der Waals surface area (Å²) in [5.74, 6) is 0.596. The van der Waals surface area contributed by atoms with Gasteiger partial charge in [-0.3, -0.25) is 24.6 Å². The minimum Gasteiger partial charge on any atom is -0.345 e. The van der Waals surface area contributed by atoms with Crippen LogP contribution in [0.25, 0.3) is 0 Å². The summed E-state index contributed by atoms with van der Waals surface area (Å²) in [4.78, 5) is 52.9. The fourth-order valence-corrected chi connectivity index (χ4v) is 4.61. The van der Waals surface area contributed by atoms with E-state index in [1.165, 1.54) is 4.90 Å². The molecule has 148 valence electrons. The summed E-state index contributed by atoms with van der Waals surface area (Å²) in [6, 6.07) is 6.41. The molecule has 0 spiro atoms. The number of likely N-dealkylation sites (tertiary alicyclic amines) is 1. The number of rotatable bonds is 3. The van der Waals surface area contributed by atoms with Gasteiger partial charge in [0.15, 0.2) is 0 Å². The number of hydrogen-bond acceptors (Lipinski definition) is 4. The van der Waals surface area contributed by atoms with E-state index in [1.807, 2.05) is 14.1 Å². The van der Waals surface area contributed by atoms with Crippen LogP contribution in [0, 0.1) is 11.8 Å². The average Bonchev–Trinajstić information content (AvgIpc) is 3.23. The summed E-state index contributed by atoms with van der Waals surface area (Å²) in [6.45, 7) is 0.761. The SMILES string of the molecule is CN1C[C@@H]2C[C@H](N(C)C(=O)c3ccc(N4CC(=O)NC4=O)cc3)C[C@@H]2CC1=O. The zero-order valence-corrected chi connectivity index (χ0v) is 16.1. The van der Waals surface area contributed by atoms with Gasteiger partial charge in [0.25, 0.3) is 5.91 Å². The van der Waals surface area contributed by atoms with Crippen molar-refractivity contribution in [2.24, 2.45) is 11.8 Å². The molecule has 2 aliphatic heterocycles. The number of nitrogens with one attached hydrogen (secondary N) is 1. The van der Waals surface area contributed by atoms with Crippen LogP contribution in [-0.2, 0) is 9.59 Å². The molecule has 5 amide bonds. The smallest absolute Gasteiger partial charge is 0.329 e. The molecule has 0 bridgehead atoms. The minimum atomic E-state index is -0.450. The van der Waals surface area contributed by atoms with Crippen LogP contribution in [-0.4, -0.2) is 66.8 Å². The van der Waals surface area contributed by atoms with E-state index < -0.39 is 6.03 Å². The summed E-state index contributed by atoms with van der Waals surface area (Å²) in [5, 5.41) is 2.23. The van der Waals surface area contributed by atoms with Crippen molar-refractivity contribution in [1.29, 1.82) is 0 Å². The monoisotopic (exact) mass is 384 g/mol. The number of hydrogen-bond donors (Lipinski definition) is 1. The first-order valence-corrected chi connectivity index (χ1v) is 9.56. The highest BCUT2D eigenvalue weighted by Gasteiger charge is 2.42. The molecule has 0 radical (unpaired) electrons. The van der Waals surface area contributed by atoms with Crippen LogP contribution < -0.4 is 10.2 Å². The van der Waals surface area contributed by atoms with Crippen LogP contribution in [0.3, 0.4) is 0 Å². The van der Waals surface area contributed by atoms with Gasteiger partial charge in [-0.15, -0.1) is 0 Å². The largest absolute Gasteiger partial charge is 0.345 e. The van der Waals surface area contributed by atoms with Crippen molar-refractivity contribution >= 4 is 29.4 Å². The molecule has 3 fully saturated rings. The van der Waals surface area contributed by atoms with Gasteiger partial charge in [-0.1, -0.05) is 0 Å². The number of nitrogens with zero attached hydrogens (tertiary/aromatic N) is 3. The van der Waals surface area contributed by atoms with E-state index >= 15 is 0 Å². The third kappa shape index (κ3) is 3.23. The van der Waals surface area contributed by atoms with E-state index in [0.29, 0.717) is 29.5 Å². The van der Waals surface area contributed by atoms with E-state index in [-0.39, 0.29) is 30.3 Å². The molecule has 8 nitrogen and oxygen atoms in total. The second kappa shape index (κ2) is 6.92. The second-order valence-electron chi connectivity index (χ2n) is 8.03. The summed E-state index contributed by atoms with van der Waals surface area (Å²) in [6.07, 6.45) is 2.35.